The van der Waals surface area contributed by atoms with Crippen LogP contribution in [0.4, 0.5) is 0 Å². The summed E-state index contributed by atoms with van der Waals surface area (Å²) in [6.07, 6.45) is 11.7. The van der Waals surface area contributed by atoms with Crippen LogP contribution in [0.25, 0.3) is 0 Å². The third-order valence-corrected chi connectivity index (χ3v) is 15.1. The molecule has 0 aliphatic heterocycles. The van der Waals surface area contributed by atoms with Gasteiger partial charge in [-0.25, -0.2) is 0 Å². The smallest absolute Gasteiger partial charge is 0.226 e. The number of phenols is 1. The molecule has 3 N–H and O–H groups in total. The van der Waals surface area contributed by atoms with E-state index >= 15 is 0 Å². The Balaban J connectivity index is 1.29. The minimum absolute atomic E-state index is 0.0269. The number of amides is 1. The second kappa shape index (κ2) is 10.1. The molecule has 0 spiro atoms. The van der Waals surface area contributed by atoms with Gasteiger partial charge in [-0.15, -0.1) is 0 Å². The van der Waals surface area contributed by atoms with E-state index in [0.29, 0.717) is 36.1 Å². The van der Waals surface area contributed by atoms with Crippen LogP contribution in [-0.2, 0) is 11.2 Å². The predicted molar refractivity (Wildman–Crippen MR) is 170 cm³/mol. The van der Waals surface area contributed by atoms with E-state index < -0.39 is 0 Å². The van der Waals surface area contributed by atoms with Crippen LogP contribution in [0.2, 0.25) is 0 Å². The number of aromatic hydroxyl groups is 1. The summed E-state index contributed by atoms with van der Waals surface area (Å²) in [6, 6.07) is 7.39. The van der Waals surface area contributed by atoms with E-state index in [0.717, 1.165) is 50.5 Å². The number of carbonyl (C=O) groups excluding carboxylic acids is 1. The minimum Gasteiger partial charge on any atom is -0.508 e. The zero-order valence-corrected chi connectivity index (χ0v) is 27.3. The Labute approximate surface area is 255 Å². The average Bonchev–Trinajstić information content (AvgIpc) is 3.33. The van der Waals surface area contributed by atoms with E-state index in [9.17, 15) is 15.0 Å². The van der Waals surface area contributed by atoms with Crippen molar-refractivity contribution < 1.29 is 15.0 Å². The van der Waals surface area contributed by atoms with E-state index in [1.54, 1.807) is 12.1 Å². The first-order valence-electron chi connectivity index (χ1n) is 17.1. The number of benzene rings is 1. The molecule has 0 bridgehead atoms. The number of aliphatic hydroxyl groups excluding tert-OH is 1. The Morgan fingerprint density at radius 3 is 2.40 bits per heavy atom. The maximum atomic E-state index is 14.3. The summed E-state index contributed by atoms with van der Waals surface area (Å²) in [5.74, 6) is 3.11. The Morgan fingerprint density at radius 1 is 0.929 bits per heavy atom. The van der Waals surface area contributed by atoms with E-state index in [4.69, 9.17) is 0 Å². The van der Waals surface area contributed by atoms with Gasteiger partial charge in [0.05, 0.1) is 11.5 Å². The topological polar surface area (TPSA) is 69.6 Å². The van der Waals surface area contributed by atoms with Gasteiger partial charge in [0.1, 0.15) is 5.75 Å². The molecule has 5 unspecified atom stereocenters. The molecule has 6 rings (SSSR count). The number of allylic oxidation sites excluding steroid dienone is 1. The van der Waals surface area contributed by atoms with Gasteiger partial charge in [0.25, 0.3) is 0 Å². The predicted octanol–water partition coefficient (Wildman–Crippen LogP) is 8.07. The molecule has 5 aliphatic rings. The van der Waals surface area contributed by atoms with Crippen molar-refractivity contribution in [2.45, 2.75) is 118 Å². The molecule has 5 saturated carbocycles. The summed E-state index contributed by atoms with van der Waals surface area (Å²) in [6.45, 7) is 19.9. The Bertz CT molecular complexity index is 1240. The zero-order valence-electron chi connectivity index (χ0n) is 27.3. The highest BCUT2D eigenvalue weighted by Crippen LogP contribution is 2.77. The molecule has 4 nitrogen and oxygen atoms in total. The summed E-state index contributed by atoms with van der Waals surface area (Å²) < 4.78 is 0. The monoisotopic (exact) mass is 575 g/mol. The lowest BCUT2D eigenvalue weighted by molar-refractivity contribution is -0.246. The van der Waals surface area contributed by atoms with Gasteiger partial charge in [0.15, 0.2) is 0 Å². The van der Waals surface area contributed by atoms with E-state index in [1.807, 2.05) is 12.1 Å². The summed E-state index contributed by atoms with van der Waals surface area (Å²) in [5.41, 5.74) is 2.72. The van der Waals surface area contributed by atoms with Crippen molar-refractivity contribution in [3.8, 4) is 5.75 Å². The van der Waals surface area contributed by atoms with Gasteiger partial charge in [-0.2, -0.15) is 0 Å². The van der Waals surface area contributed by atoms with Crippen molar-refractivity contribution >= 4 is 5.91 Å². The maximum Gasteiger partial charge on any atom is 0.226 e. The second-order valence-corrected chi connectivity index (χ2v) is 16.9. The van der Waals surface area contributed by atoms with Crippen LogP contribution in [0, 0.1) is 56.7 Å². The molecule has 4 heteroatoms. The zero-order chi connectivity index (χ0) is 30.3. The van der Waals surface area contributed by atoms with Gasteiger partial charge in [-0.3, -0.25) is 4.79 Å². The largest absolute Gasteiger partial charge is 0.508 e. The van der Waals surface area contributed by atoms with Crippen LogP contribution < -0.4 is 5.32 Å². The molecular formula is C38H57NO3. The highest BCUT2D eigenvalue weighted by Gasteiger charge is 2.71. The van der Waals surface area contributed by atoms with Crippen LogP contribution in [0.5, 0.6) is 5.75 Å². The molecule has 1 amide bonds. The first kappa shape index (κ1) is 30.2. The molecule has 5 aliphatic carbocycles. The number of phenolic OH excluding ortho intramolecular Hbond substituents is 1. The maximum absolute atomic E-state index is 14.3. The van der Waals surface area contributed by atoms with Gasteiger partial charge < -0.3 is 15.5 Å². The highest BCUT2D eigenvalue weighted by atomic mass is 16.3. The van der Waals surface area contributed by atoms with E-state index in [2.05, 4.69) is 53.4 Å². The Hall–Kier alpha value is -1.81. The molecule has 0 saturated heterocycles. The van der Waals surface area contributed by atoms with E-state index in [1.165, 1.54) is 31.3 Å². The van der Waals surface area contributed by atoms with Crippen LogP contribution in [0.1, 0.15) is 111 Å². The Morgan fingerprint density at radius 2 is 1.69 bits per heavy atom. The Kier molecular flexibility index (Phi) is 7.28. The van der Waals surface area contributed by atoms with Gasteiger partial charge in [-0.05, 0) is 146 Å². The molecule has 232 valence electrons. The highest BCUT2D eigenvalue weighted by molar-refractivity contribution is 5.84. The lowest BCUT2D eigenvalue weighted by Gasteiger charge is -2.72. The van der Waals surface area contributed by atoms with Crippen molar-refractivity contribution in [1.82, 2.24) is 5.32 Å². The number of aliphatic hydroxyl groups is 1. The number of fused-ring (bicyclic) bond motifs is 7. The van der Waals surface area contributed by atoms with Crippen LogP contribution in [-0.4, -0.2) is 28.8 Å². The molecule has 5 fully saturated rings. The molecule has 42 heavy (non-hydrogen) atoms. The average molecular weight is 576 g/mol. The summed E-state index contributed by atoms with van der Waals surface area (Å²) in [4.78, 5) is 14.3. The molecular weight excluding hydrogens is 518 g/mol. The first-order valence-corrected chi connectivity index (χ1v) is 17.1. The summed E-state index contributed by atoms with van der Waals surface area (Å²) >= 11 is 0. The standard InChI is InChI=1S/C38H57NO3/c1-24(2)27-13-19-38(33(42)39-22-16-25-9-8-10-26(40)23-25)21-20-36(6)28(32(27)38)11-12-30-35(5)17-15-31(41)34(3,4)29(35)14-18-37(30,36)7/h8-10,23,27-32,40-41H,1,11-22H2,2-7H3,(H,39,42)/t27?,28?,29?,30?,31-,32?,35-,36+,37+,38-/m0/s1. The lowest BCUT2D eigenvalue weighted by atomic mass is 9.32. The molecule has 1 aromatic carbocycles. The third-order valence-electron chi connectivity index (χ3n) is 15.1. The molecule has 1 aromatic rings. The number of hydrogen-bond acceptors (Lipinski definition) is 3. The SMILES string of the molecule is C=C(C)C1CC[C@]2(C(=O)NCCc3cccc(O)c3)CC[C@]3(C)C(CCC4[C@@]5(C)CC[C@H](O)C(C)(C)C5CC[C@]43C)C12. The van der Waals surface area contributed by atoms with Crippen molar-refractivity contribution in [1.29, 1.82) is 0 Å². The number of rotatable bonds is 5. The fourth-order valence-corrected chi connectivity index (χ4v) is 12.7. The van der Waals surface area contributed by atoms with E-state index in [-0.39, 0.29) is 44.8 Å². The summed E-state index contributed by atoms with van der Waals surface area (Å²) in [5, 5.41) is 24.3. The summed E-state index contributed by atoms with van der Waals surface area (Å²) in [7, 11) is 0. The third kappa shape index (κ3) is 4.12. The minimum atomic E-state index is -0.298. The number of carbonyl (C=O) groups is 1. The van der Waals surface area contributed by atoms with Crippen LogP contribution in [0.3, 0.4) is 0 Å². The number of nitrogens with one attached hydrogen (secondary N) is 1. The molecule has 0 radical (unpaired) electrons. The second-order valence-electron chi connectivity index (χ2n) is 16.9. The lowest BCUT2D eigenvalue weighted by Crippen LogP contribution is -2.67. The van der Waals surface area contributed by atoms with Gasteiger partial charge in [-0.1, -0.05) is 58.9 Å². The van der Waals surface area contributed by atoms with Gasteiger partial charge in [0, 0.05) is 6.54 Å². The molecule has 10 atom stereocenters. The molecule has 0 aromatic heterocycles. The fraction of sp³-hybridized carbons (Fsp3) is 0.763. The van der Waals surface area contributed by atoms with Crippen LogP contribution in [0.15, 0.2) is 36.4 Å². The fourth-order valence-electron chi connectivity index (χ4n) is 12.7. The quantitative estimate of drug-likeness (QED) is 0.311. The van der Waals surface area contributed by atoms with Crippen molar-refractivity contribution in [2.75, 3.05) is 6.54 Å². The van der Waals surface area contributed by atoms with Crippen molar-refractivity contribution in [3.63, 3.8) is 0 Å². The van der Waals surface area contributed by atoms with Crippen LogP contribution >= 0.6 is 0 Å². The normalized spacial score (nSPS) is 45.6. The van der Waals surface area contributed by atoms with Crippen molar-refractivity contribution in [3.05, 3.63) is 42.0 Å². The molecule has 0 heterocycles. The van der Waals surface area contributed by atoms with Gasteiger partial charge >= 0.3 is 0 Å². The number of hydrogen-bond donors (Lipinski definition) is 3. The van der Waals surface area contributed by atoms with Crippen molar-refractivity contribution in [2.24, 2.45) is 56.7 Å². The van der Waals surface area contributed by atoms with Gasteiger partial charge in [0.2, 0.25) is 5.91 Å². The first-order chi connectivity index (χ1) is 19.7.